The number of rotatable bonds is 5. The summed E-state index contributed by atoms with van der Waals surface area (Å²) in [6, 6.07) is 7.25. The van der Waals surface area contributed by atoms with Gasteiger partial charge < -0.3 is 10.4 Å². The summed E-state index contributed by atoms with van der Waals surface area (Å²) in [5.74, 6) is -1.07. The van der Waals surface area contributed by atoms with Crippen LogP contribution in [0.25, 0.3) is 0 Å². The van der Waals surface area contributed by atoms with Crippen molar-refractivity contribution in [2.24, 2.45) is 5.92 Å². The lowest BCUT2D eigenvalue weighted by Gasteiger charge is -2.25. The van der Waals surface area contributed by atoms with E-state index in [4.69, 9.17) is 5.11 Å². The zero-order chi connectivity index (χ0) is 14.7. The molecule has 0 bridgehead atoms. The largest absolute Gasteiger partial charge is 0.481 e. The quantitative estimate of drug-likeness (QED) is 0.868. The van der Waals surface area contributed by atoms with Crippen molar-refractivity contribution in [3.8, 4) is 0 Å². The monoisotopic (exact) mass is 275 g/mol. The fourth-order valence-electron chi connectivity index (χ4n) is 2.28. The summed E-state index contributed by atoms with van der Waals surface area (Å²) >= 11 is 0. The van der Waals surface area contributed by atoms with E-state index in [2.05, 4.69) is 5.32 Å². The Morgan fingerprint density at radius 1 is 1.20 bits per heavy atom. The van der Waals surface area contributed by atoms with E-state index >= 15 is 0 Å². The Hall–Kier alpha value is -1.84. The summed E-state index contributed by atoms with van der Waals surface area (Å²) in [5.41, 5.74) is 1.87. The van der Waals surface area contributed by atoms with E-state index in [-0.39, 0.29) is 5.91 Å². The van der Waals surface area contributed by atoms with E-state index in [1.807, 2.05) is 24.3 Å². The van der Waals surface area contributed by atoms with Crippen LogP contribution in [0.3, 0.4) is 0 Å². The van der Waals surface area contributed by atoms with Gasteiger partial charge in [0.2, 0.25) is 0 Å². The minimum Gasteiger partial charge on any atom is -0.481 e. The smallest absolute Gasteiger partial charge is 0.308 e. The van der Waals surface area contributed by atoms with Crippen LogP contribution in [0.5, 0.6) is 0 Å². The summed E-state index contributed by atoms with van der Waals surface area (Å²) in [7, 11) is 0. The van der Waals surface area contributed by atoms with E-state index in [1.165, 1.54) is 24.8 Å². The van der Waals surface area contributed by atoms with Crippen LogP contribution in [0.15, 0.2) is 24.3 Å². The molecule has 4 heteroatoms. The van der Waals surface area contributed by atoms with Gasteiger partial charge in [0.1, 0.15) is 0 Å². The number of benzene rings is 1. The van der Waals surface area contributed by atoms with Gasteiger partial charge in [0, 0.05) is 11.6 Å². The number of carboxylic acids is 1. The highest BCUT2D eigenvalue weighted by molar-refractivity contribution is 5.94. The summed E-state index contributed by atoms with van der Waals surface area (Å²) in [4.78, 5) is 22.9. The number of hydrogen-bond acceptors (Lipinski definition) is 2. The fraction of sp³-hybridized carbons (Fsp3) is 0.500. The number of carbonyl (C=O) groups is 2. The molecule has 1 aliphatic rings. The molecule has 20 heavy (non-hydrogen) atoms. The molecule has 0 heterocycles. The predicted molar refractivity (Wildman–Crippen MR) is 76.8 cm³/mol. The molecule has 2 N–H and O–H groups in total. The second-order valence-corrected chi connectivity index (χ2v) is 5.64. The van der Waals surface area contributed by atoms with Crippen molar-refractivity contribution in [1.82, 2.24) is 5.32 Å². The lowest BCUT2D eigenvalue weighted by atomic mass is 9.80. The van der Waals surface area contributed by atoms with E-state index in [9.17, 15) is 9.59 Å². The molecule has 2 atom stereocenters. The maximum atomic E-state index is 12.0. The van der Waals surface area contributed by atoms with E-state index < -0.39 is 17.9 Å². The molecular weight excluding hydrogens is 254 g/mol. The van der Waals surface area contributed by atoms with E-state index in [0.717, 1.165) is 0 Å². The number of carbonyl (C=O) groups excluding carboxylic acids is 1. The van der Waals surface area contributed by atoms with Crippen molar-refractivity contribution < 1.29 is 14.7 Å². The summed E-state index contributed by atoms with van der Waals surface area (Å²) in [5, 5.41) is 11.6. The van der Waals surface area contributed by atoms with Gasteiger partial charge in [0.25, 0.3) is 5.91 Å². The number of amides is 1. The molecule has 0 spiro atoms. The molecule has 0 radical (unpaired) electrons. The van der Waals surface area contributed by atoms with Gasteiger partial charge in [-0.15, -0.1) is 0 Å². The van der Waals surface area contributed by atoms with Crippen LogP contribution in [0, 0.1) is 5.92 Å². The molecule has 108 valence electrons. The first-order valence-corrected chi connectivity index (χ1v) is 7.12. The Kier molecular flexibility index (Phi) is 4.42. The first-order valence-electron chi connectivity index (χ1n) is 7.12. The van der Waals surface area contributed by atoms with E-state index in [1.54, 1.807) is 13.8 Å². The lowest BCUT2D eigenvalue weighted by molar-refractivity contribution is -0.141. The van der Waals surface area contributed by atoms with Gasteiger partial charge in [0.05, 0.1) is 5.92 Å². The van der Waals surface area contributed by atoms with Gasteiger partial charge in [-0.1, -0.05) is 18.6 Å². The number of carboxylic acid groups (broad SMARTS) is 1. The molecule has 1 aliphatic carbocycles. The molecular formula is C16H21NO3. The van der Waals surface area contributed by atoms with Crippen LogP contribution < -0.4 is 5.32 Å². The van der Waals surface area contributed by atoms with Crippen LogP contribution in [-0.4, -0.2) is 23.0 Å². The highest BCUT2D eigenvalue weighted by Gasteiger charge is 2.22. The van der Waals surface area contributed by atoms with Crippen molar-refractivity contribution in [1.29, 1.82) is 0 Å². The van der Waals surface area contributed by atoms with Crippen LogP contribution in [0.1, 0.15) is 54.9 Å². The molecule has 1 amide bonds. The molecule has 2 unspecified atom stereocenters. The van der Waals surface area contributed by atoms with Crippen molar-refractivity contribution in [3.63, 3.8) is 0 Å². The molecule has 0 saturated heterocycles. The van der Waals surface area contributed by atoms with E-state index in [0.29, 0.717) is 11.5 Å². The summed E-state index contributed by atoms with van der Waals surface area (Å²) in [6.07, 6.45) is 3.76. The van der Waals surface area contributed by atoms with Gasteiger partial charge in [-0.25, -0.2) is 0 Å². The summed E-state index contributed by atoms with van der Waals surface area (Å²) in [6.45, 7) is 3.30. The molecule has 1 fully saturated rings. The zero-order valence-electron chi connectivity index (χ0n) is 11.9. The first kappa shape index (κ1) is 14.6. The Bertz CT molecular complexity index is 491. The first-order chi connectivity index (χ1) is 9.49. The van der Waals surface area contributed by atoms with Gasteiger partial charge >= 0.3 is 5.97 Å². The average molecular weight is 275 g/mol. The van der Waals surface area contributed by atoms with Crippen LogP contribution >= 0.6 is 0 Å². The molecule has 4 nitrogen and oxygen atoms in total. The number of aliphatic carboxylic acids is 1. The molecule has 1 aromatic carbocycles. The molecule has 0 aromatic heterocycles. The lowest BCUT2D eigenvalue weighted by Crippen LogP contribution is -2.40. The second kappa shape index (κ2) is 6.07. The Morgan fingerprint density at radius 2 is 1.80 bits per heavy atom. The van der Waals surface area contributed by atoms with Crippen molar-refractivity contribution in [3.05, 3.63) is 35.4 Å². The molecule has 1 aromatic rings. The maximum Gasteiger partial charge on any atom is 0.308 e. The molecule has 2 rings (SSSR count). The highest BCUT2D eigenvalue weighted by Crippen LogP contribution is 2.36. The molecule has 0 aliphatic heterocycles. The SMILES string of the molecule is CC(NC(=O)c1ccc(C2CCC2)cc1)C(C)C(=O)O. The minimum absolute atomic E-state index is 0.217. The third-order valence-corrected chi connectivity index (χ3v) is 4.25. The van der Waals surface area contributed by atoms with Crippen LogP contribution in [0.4, 0.5) is 0 Å². The second-order valence-electron chi connectivity index (χ2n) is 5.64. The van der Waals surface area contributed by atoms with Crippen molar-refractivity contribution >= 4 is 11.9 Å². The van der Waals surface area contributed by atoms with Gasteiger partial charge in [0.15, 0.2) is 0 Å². The Balaban J connectivity index is 1.96. The summed E-state index contributed by atoms with van der Waals surface area (Å²) < 4.78 is 0. The standard InChI is InChI=1S/C16H21NO3/c1-10(16(19)20)11(2)17-15(18)14-8-6-13(7-9-14)12-4-3-5-12/h6-12H,3-5H2,1-2H3,(H,17,18)(H,19,20). The third kappa shape index (κ3) is 3.18. The Morgan fingerprint density at radius 3 is 2.25 bits per heavy atom. The predicted octanol–water partition coefficient (Wildman–Crippen LogP) is 2.79. The topological polar surface area (TPSA) is 66.4 Å². The van der Waals surface area contributed by atoms with Gasteiger partial charge in [-0.05, 0) is 50.3 Å². The maximum absolute atomic E-state index is 12.0. The number of nitrogens with one attached hydrogen (secondary N) is 1. The third-order valence-electron chi connectivity index (χ3n) is 4.25. The van der Waals surface area contributed by atoms with Crippen LogP contribution in [0.2, 0.25) is 0 Å². The highest BCUT2D eigenvalue weighted by atomic mass is 16.4. The number of hydrogen-bond donors (Lipinski definition) is 2. The van der Waals surface area contributed by atoms with Crippen molar-refractivity contribution in [2.45, 2.75) is 45.1 Å². The Labute approximate surface area is 119 Å². The normalized spacial score (nSPS) is 17.9. The van der Waals surface area contributed by atoms with Crippen molar-refractivity contribution in [2.75, 3.05) is 0 Å². The fourth-order valence-corrected chi connectivity index (χ4v) is 2.28. The average Bonchev–Trinajstić information content (AvgIpc) is 2.36. The zero-order valence-corrected chi connectivity index (χ0v) is 11.9. The van der Waals surface area contributed by atoms with Crippen LogP contribution in [-0.2, 0) is 4.79 Å². The molecule has 1 saturated carbocycles. The van der Waals surface area contributed by atoms with Gasteiger partial charge in [-0.2, -0.15) is 0 Å². The van der Waals surface area contributed by atoms with Gasteiger partial charge in [-0.3, -0.25) is 9.59 Å². The minimum atomic E-state index is -0.905.